The van der Waals surface area contributed by atoms with Crippen LogP contribution >= 0.6 is 0 Å². The highest BCUT2D eigenvalue weighted by Gasteiger charge is 2.53. The van der Waals surface area contributed by atoms with Crippen molar-refractivity contribution < 1.29 is 90.1 Å². The minimum absolute atomic E-state index is 0.0225. The topological polar surface area (TPSA) is 321 Å². The van der Waals surface area contributed by atoms with Crippen molar-refractivity contribution in [1.29, 1.82) is 0 Å². The van der Waals surface area contributed by atoms with E-state index in [-0.39, 0.29) is 5.57 Å². The van der Waals surface area contributed by atoms with Gasteiger partial charge in [0, 0.05) is 0 Å². The number of hydrogen-bond donors (Lipinski definition) is 14. The fourth-order valence-electron chi connectivity index (χ4n) is 5.81. The van der Waals surface area contributed by atoms with E-state index in [0.717, 1.165) is 0 Å². The maximum absolute atomic E-state index is 10.9. The molecule has 4 aliphatic rings. The molecular formula is C25H43NO18. The van der Waals surface area contributed by atoms with Crippen molar-refractivity contribution in [2.24, 2.45) is 0 Å². The maximum Gasteiger partial charge on any atom is 0.187 e. The first-order valence-corrected chi connectivity index (χ1v) is 14.1. The van der Waals surface area contributed by atoms with E-state index in [1.807, 2.05) is 0 Å². The number of aliphatic hydroxyl groups is 13. The first-order chi connectivity index (χ1) is 20.7. The first kappa shape index (κ1) is 35.8. The molecule has 3 heterocycles. The lowest BCUT2D eigenvalue weighted by atomic mass is 9.86. The van der Waals surface area contributed by atoms with Gasteiger partial charge in [-0.2, -0.15) is 0 Å². The minimum atomic E-state index is -1.93. The smallest absolute Gasteiger partial charge is 0.187 e. The second-order valence-corrected chi connectivity index (χ2v) is 11.4. The van der Waals surface area contributed by atoms with Crippen LogP contribution in [0.4, 0.5) is 0 Å². The Labute approximate surface area is 250 Å². The van der Waals surface area contributed by atoms with Gasteiger partial charge < -0.3 is 95.4 Å². The van der Waals surface area contributed by atoms with Crippen LogP contribution in [0.1, 0.15) is 6.92 Å². The Kier molecular flexibility index (Phi) is 12.1. The van der Waals surface area contributed by atoms with E-state index in [1.54, 1.807) is 0 Å². The van der Waals surface area contributed by atoms with Crippen molar-refractivity contribution in [2.45, 2.75) is 123 Å². The molecule has 0 spiro atoms. The zero-order valence-electron chi connectivity index (χ0n) is 23.5. The number of hydrogen-bond acceptors (Lipinski definition) is 19. The van der Waals surface area contributed by atoms with Gasteiger partial charge in [0.15, 0.2) is 18.9 Å². The molecule has 14 N–H and O–H groups in total. The lowest BCUT2D eigenvalue weighted by Gasteiger charge is -2.48. The maximum atomic E-state index is 10.9. The molecule has 0 bridgehead atoms. The zero-order valence-corrected chi connectivity index (χ0v) is 23.5. The second kappa shape index (κ2) is 14.8. The normalized spacial score (nSPS) is 52.0. The summed E-state index contributed by atoms with van der Waals surface area (Å²) in [5, 5.41) is 136. The number of nitrogens with one attached hydrogen (secondary N) is 1. The third kappa shape index (κ3) is 6.96. The van der Waals surface area contributed by atoms with Crippen molar-refractivity contribution in [3.05, 3.63) is 11.6 Å². The molecule has 19 nitrogen and oxygen atoms in total. The van der Waals surface area contributed by atoms with Crippen LogP contribution in [0, 0.1) is 0 Å². The summed E-state index contributed by atoms with van der Waals surface area (Å²) in [6.45, 7) is -0.753. The molecule has 0 amide bonds. The van der Waals surface area contributed by atoms with E-state index in [4.69, 9.17) is 23.7 Å². The van der Waals surface area contributed by atoms with Crippen molar-refractivity contribution in [1.82, 2.24) is 5.32 Å². The molecule has 4 rings (SSSR count). The Hall–Kier alpha value is -1.02. The van der Waals surface area contributed by atoms with Gasteiger partial charge in [-0.1, -0.05) is 6.08 Å². The molecule has 3 fully saturated rings. The molecule has 0 aromatic rings. The van der Waals surface area contributed by atoms with Crippen LogP contribution in [0.15, 0.2) is 11.6 Å². The Morgan fingerprint density at radius 1 is 0.636 bits per heavy atom. The number of aliphatic hydroxyl groups excluding tert-OH is 13. The average Bonchev–Trinajstić information content (AvgIpc) is 3.00. The summed E-state index contributed by atoms with van der Waals surface area (Å²) in [5.74, 6) is 0. The molecule has 19 atom stereocenters. The molecule has 0 radical (unpaired) electrons. The highest BCUT2D eigenvalue weighted by atomic mass is 16.7. The fourth-order valence-corrected chi connectivity index (χ4v) is 5.81. The van der Waals surface area contributed by atoms with Crippen molar-refractivity contribution in [2.75, 3.05) is 19.8 Å². The average molecular weight is 646 g/mol. The highest BCUT2D eigenvalue weighted by molar-refractivity contribution is 5.22. The molecular weight excluding hydrogens is 602 g/mol. The van der Waals surface area contributed by atoms with Crippen LogP contribution in [0.25, 0.3) is 0 Å². The largest absolute Gasteiger partial charge is 0.394 e. The van der Waals surface area contributed by atoms with Gasteiger partial charge in [0.1, 0.15) is 79.4 Å². The summed E-state index contributed by atoms with van der Waals surface area (Å²) in [6.07, 6.45) is -26.6. The van der Waals surface area contributed by atoms with Gasteiger partial charge in [0.2, 0.25) is 0 Å². The monoisotopic (exact) mass is 645 g/mol. The molecule has 3 aliphatic heterocycles. The third-order valence-electron chi connectivity index (χ3n) is 8.48. The third-order valence-corrected chi connectivity index (χ3v) is 8.48. The van der Waals surface area contributed by atoms with E-state index in [2.05, 4.69) is 5.32 Å². The van der Waals surface area contributed by atoms with Crippen LogP contribution in [-0.2, 0) is 23.7 Å². The van der Waals surface area contributed by atoms with Gasteiger partial charge in [-0.3, -0.25) is 0 Å². The summed E-state index contributed by atoms with van der Waals surface area (Å²) in [4.78, 5) is 0. The summed E-state index contributed by atoms with van der Waals surface area (Å²) in [5.41, 5.74) is 0.0225. The molecule has 256 valence electrons. The van der Waals surface area contributed by atoms with E-state index < -0.39 is 136 Å². The van der Waals surface area contributed by atoms with Crippen LogP contribution in [-0.4, -0.2) is 203 Å². The van der Waals surface area contributed by atoms with Gasteiger partial charge in [0.05, 0.1) is 38.0 Å². The lowest BCUT2D eigenvalue weighted by Crippen LogP contribution is -2.68. The molecule has 0 saturated carbocycles. The molecule has 44 heavy (non-hydrogen) atoms. The molecule has 0 aromatic heterocycles. The summed E-state index contributed by atoms with van der Waals surface area (Å²) in [7, 11) is 0. The summed E-state index contributed by atoms with van der Waals surface area (Å²) < 4.78 is 27.4. The van der Waals surface area contributed by atoms with Crippen molar-refractivity contribution in [3.8, 4) is 0 Å². The quantitative estimate of drug-likeness (QED) is 0.103. The predicted octanol–water partition coefficient (Wildman–Crippen LogP) is -8.56. The number of rotatable bonds is 9. The van der Waals surface area contributed by atoms with Gasteiger partial charge in [-0.05, 0) is 12.5 Å². The van der Waals surface area contributed by atoms with Crippen LogP contribution in [0.2, 0.25) is 0 Å². The lowest BCUT2D eigenvalue weighted by molar-refractivity contribution is -0.373. The van der Waals surface area contributed by atoms with E-state index in [1.165, 1.54) is 13.0 Å². The Morgan fingerprint density at radius 2 is 1.16 bits per heavy atom. The van der Waals surface area contributed by atoms with Gasteiger partial charge in [-0.15, -0.1) is 0 Å². The van der Waals surface area contributed by atoms with E-state index >= 15 is 0 Å². The van der Waals surface area contributed by atoms with Gasteiger partial charge in [-0.25, -0.2) is 0 Å². The first-order valence-electron chi connectivity index (χ1n) is 14.1. The Bertz CT molecular complexity index is 958. The van der Waals surface area contributed by atoms with Crippen molar-refractivity contribution >= 4 is 0 Å². The second-order valence-electron chi connectivity index (χ2n) is 11.4. The molecule has 8 unspecified atom stereocenters. The predicted molar refractivity (Wildman–Crippen MR) is 138 cm³/mol. The van der Waals surface area contributed by atoms with E-state index in [0.29, 0.717) is 0 Å². The molecule has 19 heteroatoms. The standard InChI is InChI=1S/C25H43NO18/c1-6-11(26-8-2-7(3-27)12(30)15(33)13(8)31)14(32)19(37)24(40-6)43-22-10(5-29)42-25(20(38)17(22)35)44-21-9(4-28)41-23(39)18(36)16(21)34/h2,6,8-39H,3-5H2,1H3/t6?,8-,9?,10?,11+,12+,13?,14+,15+,16-,17-,18?,19?,20?,21+,22+,23?,24+,25+/m1/s1. The van der Waals surface area contributed by atoms with Crippen molar-refractivity contribution in [3.63, 3.8) is 0 Å². The van der Waals surface area contributed by atoms with Crippen LogP contribution < -0.4 is 5.32 Å². The number of ether oxygens (including phenoxy) is 5. The fraction of sp³-hybridized carbons (Fsp3) is 0.920. The summed E-state index contributed by atoms with van der Waals surface area (Å²) >= 11 is 0. The van der Waals surface area contributed by atoms with Crippen LogP contribution in [0.5, 0.6) is 0 Å². The Balaban J connectivity index is 1.42. The zero-order chi connectivity index (χ0) is 32.6. The van der Waals surface area contributed by atoms with Crippen LogP contribution in [0.3, 0.4) is 0 Å². The van der Waals surface area contributed by atoms with E-state index in [9.17, 15) is 66.4 Å². The van der Waals surface area contributed by atoms with Gasteiger partial charge >= 0.3 is 0 Å². The molecule has 3 saturated heterocycles. The SMILES string of the molecule is CC1O[C@@H](O[C@H]2C(CO)O[C@@H](O[C@H]3C(CO)OC(O)C(O)[C@H]3O)C(O)[C@H]2O)C(O)[C@@H](O)[C@H]1N[C@@H]1C=C(CO)[C@H](O)[C@H](O)C1O. The molecule has 1 aliphatic carbocycles. The Morgan fingerprint density at radius 3 is 1.73 bits per heavy atom. The highest BCUT2D eigenvalue weighted by Crippen LogP contribution is 2.32. The minimum Gasteiger partial charge on any atom is -0.394 e. The summed E-state index contributed by atoms with van der Waals surface area (Å²) in [6, 6.07) is -2.17. The van der Waals surface area contributed by atoms with Gasteiger partial charge in [0.25, 0.3) is 0 Å². The molecule has 0 aromatic carbocycles.